The molecule has 2 aromatic rings. The lowest BCUT2D eigenvalue weighted by Crippen LogP contribution is -2.27. The molecule has 0 radical (unpaired) electrons. The van der Waals surface area contributed by atoms with Gasteiger partial charge in [-0.1, -0.05) is 12.8 Å². The number of imidazole rings is 1. The van der Waals surface area contributed by atoms with E-state index in [1.165, 1.54) is 0 Å². The van der Waals surface area contributed by atoms with Crippen LogP contribution in [0.3, 0.4) is 0 Å². The highest BCUT2D eigenvalue weighted by molar-refractivity contribution is 6.18. The summed E-state index contributed by atoms with van der Waals surface area (Å²) >= 11 is 11.8. The normalized spacial score (nSPS) is 11.3. The molecule has 5 nitrogen and oxygen atoms in total. The van der Waals surface area contributed by atoms with Crippen molar-refractivity contribution in [1.29, 1.82) is 0 Å². The van der Waals surface area contributed by atoms with Crippen LogP contribution in [-0.4, -0.2) is 51.9 Å². The highest BCUT2D eigenvalue weighted by Crippen LogP contribution is 2.23. The number of rotatable bonds is 13. The van der Waals surface area contributed by atoms with Gasteiger partial charge in [0.2, 0.25) is 0 Å². The first-order valence-corrected chi connectivity index (χ1v) is 10.6. The number of fused-ring (bicyclic) bond motifs is 1. The zero-order valence-corrected chi connectivity index (χ0v) is 17.5. The van der Waals surface area contributed by atoms with Crippen LogP contribution in [-0.2, 0) is 18.3 Å². The molecule has 0 amide bonds. The third-order valence-corrected chi connectivity index (χ3v) is 5.15. The number of carbonyl (C=O) groups excluding carboxylic acids is 1. The number of ketones is 1. The van der Waals surface area contributed by atoms with E-state index in [4.69, 9.17) is 33.3 Å². The Hall–Kier alpha value is -1.30. The van der Waals surface area contributed by atoms with Crippen LogP contribution in [0.25, 0.3) is 11.0 Å². The molecule has 1 N–H and O–H groups in total. The Bertz CT molecular complexity index is 727. The predicted octanol–water partition coefficient (Wildman–Crippen LogP) is 3.91. The smallest absolute Gasteiger partial charge is 0.158 e. The fourth-order valence-electron chi connectivity index (χ4n) is 3.26. The van der Waals surface area contributed by atoms with Crippen molar-refractivity contribution in [3.05, 3.63) is 24.0 Å². The minimum Gasteiger partial charge on any atom is -0.389 e. The average Bonchev–Trinajstić information content (AvgIpc) is 2.99. The van der Waals surface area contributed by atoms with Crippen LogP contribution in [0.4, 0.5) is 5.69 Å². The van der Waals surface area contributed by atoms with Crippen molar-refractivity contribution in [3.63, 3.8) is 0 Å². The van der Waals surface area contributed by atoms with E-state index in [1.54, 1.807) is 0 Å². The summed E-state index contributed by atoms with van der Waals surface area (Å²) in [5.74, 6) is 2.14. The van der Waals surface area contributed by atoms with E-state index in [-0.39, 0.29) is 12.4 Å². The molecule has 1 aromatic carbocycles. The molecule has 0 saturated carbocycles. The van der Waals surface area contributed by atoms with Gasteiger partial charge in [0, 0.05) is 50.4 Å². The van der Waals surface area contributed by atoms with Gasteiger partial charge < -0.3 is 14.6 Å². The zero-order valence-electron chi connectivity index (χ0n) is 16.0. The van der Waals surface area contributed by atoms with Crippen LogP contribution in [0, 0.1) is 0 Å². The molecule has 0 aliphatic carbocycles. The Kier molecular flexibility index (Phi) is 9.39. The van der Waals surface area contributed by atoms with Crippen molar-refractivity contribution < 1.29 is 9.90 Å². The summed E-state index contributed by atoms with van der Waals surface area (Å²) in [4.78, 5) is 18.0. The second-order valence-corrected chi connectivity index (χ2v) is 7.49. The summed E-state index contributed by atoms with van der Waals surface area (Å²) < 4.78 is 2.16. The van der Waals surface area contributed by atoms with Crippen molar-refractivity contribution in [2.45, 2.75) is 38.5 Å². The van der Waals surface area contributed by atoms with Gasteiger partial charge in [-0.2, -0.15) is 0 Å². The number of aryl methyl sites for hydroxylation is 2. The second-order valence-electron chi connectivity index (χ2n) is 6.74. The molecule has 27 heavy (non-hydrogen) atoms. The number of nitrogens with zero attached hydrogens (tertiary/aromatic N) is 3. The monoisotopic (exact) mass is 413 g/mol. The van der Waals surface area contributed by atoms with E-state index in [1.807, 2.05) is 0 Å². The standard InChI is InChI=1S/C20H29Cl2N3O2/c1-24-19-14-16(25(12-10-21)13-11-22)8-9-18(19)23-20(24)7-5-3-2-4-6-17(27)15-26/h8-9,14,26H,2-7,10-13,15H2,1H3. The maximum atomic E-state index is 11.1. The summed E-state index contributed by atoms with van der Waals surface area (Å²) in [5, 5.41) is 8.72. The molecule has 0 unspecified atom stereocenters. The van der Waals surface area contributed by atoms with Crippen molar-refractivity contribution >= 4 is 45.7 Å². The number of Topliss-reactive ketones (excluding diaryl/α,β-unsaturated/α-hetero) is 1. The number of alkyl halides is 2. The van der Waals surface area contributed by atoms with Gasteiger partial charge in [-0.05, 0) is 31.0 Å². The first kappa shape index (κ1) is 22.0. The van der Waals surface area contributed by atoms with E-state index in [0.29, 0.717) is 18.2 Å². The Labute approximate surface area is 171 Å². The first-order valence-electron chi connectivity index (χ1n) is 9.55. The van der Waals surface area contributed by atoms with E-state index in [0.717, 1.165) is 67.7 Å². The molecule has 0 spiro atoms. The minimum absolute atomic E-state index is 0.0708. The van der Waals surface area contributed by atoms with Crippen LogP contribution in [0.2, 0.25) is 0 Å². The summed E-state index contributed by atoms with van der Waals surface area (Å²) in [7, 11) is 2.06. The first-order chi connectivity index (χ1) is 13.1. The third-order valence-electron chi connectivity index (χ3n) is 4.81. The fraction of sp³-hybridized carbons (Fsp3) is 0.600. The molecule has 0 atom stereocenters. The number of carbonyl (C=O) groups is 1. The van der Waals surface area contributed by atoms with Gasteiger partial charge >= 0.3 is 0 Å². The molecule has 0 aliphatic heterocycles. The van der Waals surface area contributed by atoms with Gasteiger partial charge in [0.05, 0.1) is 11.0 Å². The topological polar surface area (TPSA) is 58.4 Å². The van der Waals surface area contributed by atoms with Gasteiger partial charge in [0.15, 0.2) is 5.78 Å². The van der Waals surface area contributed by atoms with Gasteiger partial charge in [0.1, 0.15) is 12.4 Å². The van der Waals surface area contributed by atoms with E-state index < -0.39 is 0 Å². The van der Waals surface area contributed by atoms with E-state index >= 15 is 0 Å². The second kappa shape index (κ2) is 11.5. The van der Waals surface area contributed by atoms with Gasteiger partial charge in [-0.3, -0.25) is 4.79 Å². The maximum Gasteiger partial charge on any atom is 0.158 e. The third kappa shape index (κ3) is 6.37. The number of unbranched alkanes of at least 4 members (excludes halogenated alkanes) is 3. The fourth-order valence-corrected chi connectivity index (χ4v) is 3.67. The summed E-state index contributed by atoms with van der Waals surface area (Å²) in [6.45, 7) is 1.20. The Balaban J connectivity index is 1.96. The predicted molar refractivity (Wildman–Crippen MR) is 113 cm³/mol. The van der Waals surface area contributed by atoms with Crippen molar-refractivity contribution in [1.82, 2.24) is 9.55 Å². The van der Waals surface area contributed by atoms with Crippen LogP contribution < -0.4 is 4.90 Å². The lowest BCUT2D eigenvalue weighted by Gasteiger charge is -2.22. The number of halogens is 2. The number of aliphatic hydroxyl groups is 1. The quantitative estimate of drug-likeness (QED) is 0.399. The highest BCUT2D eigenvalue weighted by atomic mass is 35.5. The molecule has 0 fully saturated rings. The SMILES string of the molecule is Cn1c(CCCCCCC(=O)CO)nc2ccc(N(CCCl)CCCl)cc21. The van der Waals surface area contributed by atoms with Crippen molar-refractivity contribution in [2.75, 3.05) is 36.4 Å². The highest BCUT2D eigenvalue weighted by Gasteiger charge is 2.11. The number of anilines is 1. The maximum absolute atomic E-state index is 11.1. The van der Waals surface area contributed by atoms with E-state index in [2.05, 4.69) is 34.7 Å². The van der Waals surface area contributed by atoms with Gasteiger partial charge in [-0.25, -0.2) is 4.98 Å². The molecule has 1 heterocycles. The van der Waals surface area contributed by atoms with Gasteiger partial charge in [-0.15, -0.1) is 23.2 Å². The van der Waals surface area contributed by atoms with Crippen molar-refractivity contribution in [3.8, 4) is 0 Å². The van der Waals surface area contributed by atoms with Crippen LogP contribution in [0.15, 0.2) is 18.2 Å². The Morgan fingerprint density at radius 3 is 2.52 bits per heavy atom. The molecule has 7 heteroatoms. The van der Waals surface area contributed by atoms with Crippen LogP contribution >= 0.6 is 23.2 Å². The molecule has 1 aromatic heterocycles. The number of aromatic nitrogens is 2. The van der Waals surface area contributed by atoms with Gasteiger partial charge in [0.25, 0.3) is 0 Å². The molecular formula is C20H29Cl2N3O2. The molecule has 0 aliphatic rings. The Morgan fingerprint density at radius 1 is 1.15 bits per heavy atom. The van der Waals surface area contributed by atoms with E-state index in [9.17, 15) is 4.79 Å². The lowest BCUT2D eigenvalue weighted by atomic mass is 10.1. The van der Waals surface area contributed by atoms with Crippen LogP contribution in [0.1, 0.15) is 37.9 Å². The largest absolute Gasteiger partial charge is 0.389 e. The minimum atomic E-state index is -0.338. The molecule has 2 rings (SSSR count). The number of aliphatic hydroxyl groups excluding tert-OH is 1. The lowest BCUT2D eigenvalue weighted by molar-refractivity contribution is -0.121. The Morgan fingerprint density at radius 2 is 1.85 bits per heavy atom. The summed E-state index contributed by atoms with van der Waals surface area (Å²) in [6, 6.07) is 6.30. The molecular weight excluding hydrogens is 385 g/mol. The average molecular weight is 414 g/mol. The number of benzene rings is 1. The van der Waals surface area contributed by atoms with Crippen LogP contribution in [0.5, 0.6) is 0 Å². The summed E-state index contributed by atoms with van der Waals surface area (Å²) in [5.41, 5.74) is 3.23. The molecule has 150 valence electrons. The number of hydrogen-bond acceptors (Lipinski definition) is 4. The molecule has 0 bridgehead atoms. The zero-order chi connectivity index (χ0) is 19.6. The summed E-state index contributed by atoms with van der Waals surface area (Å²) in [6.07, 6.45) is 5.36. The molecule has 0 saturated heterocycles. The number of hydrogen-bond donors (Lipinski definition) is 1. The van der Waals surface area contributed by atoms with Crippen molar-refractivity contribution in [2.24, 2.45) is 7.05 Å².